The van der Waals surface area contributed by atoms with E-state index in [1.54, 1.807) is 6.26 Å². The SMILES string of the molecule is O=C(O)C1CNC(c2ccc3ccoc3c2)C1. The van der Waals surface area contributed by atoms with Crippen LogP contribution in [0.15, 0.2) is 34.9 Å². The van der Waals surface area contributed by atoms with Gasteiger partial charge in [-0.3, -0.25) is 4.79 Å². The van der Waals surface area contributed by atoms with Crippen LogP contribution >= 0.6 is 0 Å². The Balaban J connectivity index is 1.87. The van der Waals surface area contributed by atoms with Gasteiger partial charge in [0.05, 0.1) is 12.2 Å². The van der Waals surface area contributed by atoms with E-state index in [-0.39, 0.29) is 12.0 Å². The van der Waals surface area contributed by atoms with Gasteiger partial charge in [-0.2, -0.15) is 0 Å². The smallest absolute Gasteiger partial charge is 0.307 e. The second-order valence-corrected chi connectivity index (χ2v) is 4.45. The number of fused-ring (bicyclic) bond motifs is 1. The monoisotopic (exact) mass is 231 g/mol. The van der Waals surface area contributed by atoms with E-state index in [1.807, 2.05) is 24.3 Å². The lowest BCUT2D eigenvalue weighted by Crippen LogP contribution is -2.17. The van der Waals surface area contributed by atoms with E-state index in [0.29, 0.717) is 13.0 Å². The molecule has 4 heteroatoms. The van der Waals surface area contributed by atoms with Crippen molar-refractivity contribution >= 4 is 16.9 Å². The molecule has 0 saturated carbocycles. The van der Waals surface area contributed by atoms with E-state index >= 15 is 0 Å². The lowest BCUT2D eigenvalue weighted by atomic mass is 9.99. The van der Waals surface area contributed by atoms with E-state index < -0.39 is 5.97 Å². The predicted molar refractivity (Wildman–Crippen MR) is 62.7 cm³/mol. The molecule has 4 nitrogen and oxygen atoms in total. The predicted octanol–water partition coefficient (Wildman–Crippen LogP) is 2.17. The van der Waals surface area contributed by atoms with Gasteiger partial charge in [-0.05, 0) is 24.1 Å². The average molecular weight is 231 g/mol. The second kappa shape index (κ2) is 3.89. The summed E-state index contributed by atoms with van der Waals surface area (Å²) in [6, 6.07) is 8.05. The van der Waals surface area contributed by atoms with Crippen molar-refractivity contribution in [1.82, 2.24) is 5.32 Å². The number of hydrogen-bond acceptors (Lipinski definition) is 3. The van der Waals surface area contributed by atoms with Crippen LogP contribution in [0.3, 0.4) is 0 Å². The average Bonchev–Trinajstić information content (AvgIpc) is 2.97. The van der Waals surface area contributed by atoms with Crippen LogP contribution < -0.4 is 5.32 Å². The second-order valence-electron chi connectivity index (χ2n) is 4.45. The van der Waals surface area contributed by atoms with Gasteiger partial charge in [0.2, 0.25) is 0 Å². The van der Waals surface area contributed by atoms with Gasteiger partial charge in [-0.15, -0.1) is 0 Å². The Morgan fingerprint density at radius 1 is 1.41 bits per heavy atom. The molecule has 1 aromatic carbocycles. The van der Waals surface area contributed by atoms with Crippen LogP contribution in [0.1, 0.15) is 18.0 Å². The summed E-state index contributed by atoms with van der Waals surface area (Å²) in [4.78, 5) is 10.9. The maximum Gasteiger partial charge on any atom is 0.307 e. The van der Waals surface area contributed by atoms with Crippen LogP contribution in [0, 0.1) is 5.92 Å². The molecular formula is C13H13NO3. The molecular weight excluding hydrogens is 218 g/mol. The Hall–Kier alpha value is -1.81. The van der Waals surface area contributed by atoms with E-state index in [1.165, 1.54) is 0 Å². The Kier molecular flexibility index (Phi) is 2.37. The van der Waals surface area contributed by atoms with Gasteiger partial charge in [-0.25, -0.2) is 0 Å². The van der Waals surface area contributed by atoms with Gasteiger partial charge in [0.15, 0.2) is 0 Å². The van der Waals surface area contributed by atoms with Gasteiger partial charge >= 0.3 is 5.97 Å². The summed E-state index contributed by atoms with van der Waals surface area (Å²) in [5, 5.41) is 13.3. The Bertz CT molecular complexity index is 561. The summed E-state index contributed by atoms with van der Waals surface area (Å²) < 4.78 is 5.35. The van der Waals surface area contributed by atoms with Gasteiger partial charge in [0.25, 0.3) is 0 Å². The molecule has 2 atom stereocenters. The zero-order valence-electron chi connectivity index (χ0n) is 9.22. The number of hydrogen-bond donors (Lipinski definition) is 2. The quantitative estimate of drug-likeness (QED) is 0.831. The van der Waals surface area contributed by atoms with Crippen molar-refractivity contribution in [1.29, 1.82) is 0 Å². The molecule has 17 heavy (non-hydrogen) atoms. The van der Waals surface area contributed by atoms with Gasteiger partial charge in [0.1, 0.15) is 5.58 Å². The Morgan fingerprint density at radius 3 is 3.06 bits per heavy atom. The van der Waals surface area contributed by atoms with E-state index in [4.69, 9.17) is 9.52 Å². The Morgan fingerprint density at radius 2 is 2.29 bits per heavy atom. The van der Waals surface area contributed by atoms with Crippen molar-refractivity contribution in [3.63, 3.8) is 0 Å². The molecule has 0 aliphatic carbocycles. The third-order valence-corrected chi connectivity index (χ3v) is 3.36. The van der Waals surface area contributed by atoms with Crippen molar-refractivity contribution in [2.75, 3.05) is 6.54 Å². The fourth-order valence-corrected chi connectivity index (χ4v) is 2.37. The molecule has 2 aromatic rings. The number of carboxylic acid groups (broad SMARTS) is 1. The summed E-state index contributed by atoms with van der Waals surface area (Å²) in [6.07, 6.45) is 2.30. The Labute approximate surface area is 98.2 Å². The maximum atomic E-state index is 10.9. The molecule has 0 amide bonds. The number of benzene rings is 1. The first-order chi connectivity index (χ1) is 8.24. The zero-order chi connectivity index (χ0) is 11.8. The molecule has 1 saturated heterocycles. The largest absolute Gasteiger partial charge is 0.481 e. The van der Waals surface area contributed by atoms with Gasteiger partial charge in [0, 0.05) is 18.0 Å². The first-order valence-electron chi connectivity index (χ1n) is 5.67. The first kappa shape index (κ1) is 10.4. The van der Waals surface area contributed by atoms with Crippen LogP contribution in [0.4, 0.5) is 0 Å². The summed E-state index contributed by atoms with van der Waals surface area (Å²) >= 11 is 0. The van der Waals surface area contributed by atoms with E-state index in [2.05, 4.69) is 5.32 Å². The van der Waals surface area contributed by atoms with Crippen molar-refractivity contribution in [3.05, 3.63) is 36.1 Å². The minimum atomic E-state index is -0.723. The van der Waals surface area contributed by atoms with Crippen LogP contribution in [-0.4, -0.2) is 17.6 Å². The fourth-order valence-electron chi connectivity index (χ4n) is 2.37. The van der Waals surface area contributed by atoms with E-state index in [9.17, 15) is 4.79 Å². The third kappa shape index (κ3) is 1.80. The minimum absolute atomic E-state index is 0.116. The molecule has 1 aliphatic heterocycles. The minimum Gasteiger partial charge on any atom is -0.481 e. The lowest BCUT2D eigenvalue weighted by Gasteiger charge is -2.10. The molecule has 0 radical (unpaired) electrons. The molecule has 3 rings (SSSR count). The molecule has 0 bridgehead atoms. The first-order valence-corrected chi connectivity index (χ1v) is 5.67. The summed E-state index contributed by atoms with van der Waals surface area (Å²) in [6.45, 7) is 0.538. The van der Waals surface area contributed by atoms with Crippen molar-refractivity contribution in [2.24, 2.45) is 5.92 Å². The molecule has 0 spiro atoms. The van der Waals surface area contributed by atoms with Crippen molar-refractivity contribution < 1.29 is 14.3 Å². The summed E-state index contributed by atoms with van der Waals surface area (Å²) in [7, 11) is 0. The zero-order valence-corrected chi connectivity index (χ0v) is 9.22. The number of rotatable bonds is 2. The number of carbonyl (C=O) groups is 1. The molecule has 2 unspecified atom stereocenters. The van der Waals surface area contributed by atoms with Gasteiger partial charge in [-0.1, -0.05) is 12.1 Å². The van der Waals surface area contributed by atoms with Crippen LogP contribution in [-0.2, 0) is 4.79 Å². The molecule has 88 valence electrons. The van der Waals surface area contributed by atoms with Crippen molar-refractivity contribution in [2.45, 2.75) is 12.5 Å². The molecule has 1 aromatic heterocycles. The summed E-state index contributed by atoms with van der Waals surface area (Å²) in [5.41, 5.74) is 1.94. The van der Waals surface area contributed by atoms with Crippen LogP contribution in [0.5, 0.6) is 0 Å². The molecule has 2 N–H and O–H groups in total. The number of carboxylic acids is 1. The molecule has 1 aliphatic rings. The highest BCUT2D eigenvalue weighted by atomic mass is 16.4. The normalized spacial score (nSPS) is 24.2. The van der Waals surface area contributed by atoms with Crippen LogP contribution in [0.2, 0.25) is 0 Å². The molecule has 2 heterocycles. The van der Waals surface area contributed by atoms with Crippen molar-refractivity contribution in [3.8, 4) is 0 Å². The number of furan rings is 1. The highest BCUT2D eigenvalue weighted by Gasteiger charge is 2.30. The standard InChI is InChI=1S/C13H13NO3/c15-13(16)10-5-11(14-7-10)9-2-1-8-3-4-17-12(8)6-9/h1-4,6,10-11,14H,5,7H2,(H,15,16). The topological polar surface area (TPSA) is 62.5 Å². The number of nitrogens with one attached hydrogen (secondary N) is 1. The number of aliphatic carboxylic acids is 1. The fraction of sp³-hybridized carbons (Fsp3) is 0.308. The highest BCUT2D eigenvalue weighted by Crippen LogP contribution is 2.29. The molecule has 1 fully saturated rings. The summed E-state index contributed by atoms with van der Waals surface area (Å²) in [5.74, 6) is -1.01. The van der Waals surface area contributed by atoms with E-state index in [0.717, 1.165) is 16.5 Å². The third-order valence-electron chi connectivity index (χ3n) is 3.36. The lowest BCUT2D eigenvalue weighted by molar-refractivity contribution is -0.141. The maximum absolute atomic E-state index is 10.9. The van der Waals surface area contributed by atoms with Crippen LogP contribution in [0.25, 0.3) is 11.0 Å². The van der Waals surface area contributed by atoms with Gasteiger partial charge < -0.3 is 14.8 Å². The highest BCUT2D eigenvalue weighted by molar-refractivity contribution is 5.78.